The van der Waals surface area contributed by atoms with Gasteiger partial charge in [0.25, 0.3) is 0 Å². The molecule has 0 aliphatic heterocycles. The summed E-state index contributed by atoms with van der Waals surface area (Å²) in [5.74, 6) is -0.430. The molecule has 0 aliphatic carbocycles. The van der Waals surface area contributed by atoms with Gasteiger partial charge in [-0.2, -0.15) is 5.10 Å². The zero-order valence-corrected chi connectivity index (χ0v) is 8.78. The van der Waals surface area contributed by atoms with Gasteiger partial charge in [-0.05, 0) is 0 Å². The number of hydrogen-bond donors (Lipinski definition) is 2. The van der Waals surface area contributed by atoms with Gasteiger partial charge in [-0.15, -0.1) is 0 Å². The van der Waals surface area contributed by atoms with Crippen molar-refractivity contribution in [2.24, 2.45) is 7.05 Å². The third-order valence-corrected chi connectivity index (χ3v) is 1.75. The van der Waals surface area contributed by atoms with Crippen molar-refractivity contribution in [2.75, 3.05) is 6.54 Å². The van der Waals surface area contributed by atoms with E-state index in [2.05, 4.69) is 15.7 Å². The summed E-state index contributed by atoms with van der Waals surface area (Å²) in [6, 6.07) is 0. The van der Waals surface area contributed by atoms with Gasteiger partial charge in [-0.25, -0.2) is 0 Å². The second-order valence-corrected chi connectivity index (χ2v) is 3.21. The zero-order chi connectivity index (χ0) is 11.3. The van der Waals surface area contributed by atoms with Crippen molar-refractivity contribution in [2.45, 2.75) is 13.5 Å². The molecule has 0 saturated heterocycles. The van der Waals surface area contributed by atoms with Crippen LogP contribution in [0.2, 0.25) is 0 Å². The quantitative estimate of drug-likeness (QED) is 0.681. The van der Waals surface area contributed by atoms with E-state index in [1.165, 1.54) is 6.92 Å². The molecule has 0 radical (unpaired) electrons. The van der Waals surface area contributed by atoms with Crippen molar-refractivity contribution < 1.29 is 9.59 Å². The Labute approximate surface area is 87.7 Å². The predicted molar refractivity (Wildman–Crippen MR) is 53.7 cm³/mol. The number of aryl methyl sites for hydroxylation is 1. The number of carbonyl (C=O) groups excluding carboxylic acids is 2. The predicted octanol–water partition coefficient (Wildman–Crippen LogP) is -0.828. The number of nitrogens with one attached hydrogen (secondary N) is 2. The number of rotatable bonds is 4. The minimum absolute atomic E-state index is 0.00952. The number of nitrogens with zero attached hydrogens (tertiary/aromatic N) is 2. The molecule has 0 aliphatic rings. The molecular weight excluding hydrogens is 196 g/mol. The van der Waals surface area contributed by atoms with Crippen LogP contribution in [0.25, 0.3) is 0 Å². The highest BCUT2D eigenvalue weighted by Gasteiger charge is 2.02. The Morgan fingerprint density at radius 1 is 1.47 bits per heavy atom. The number of carbonyl (C=O) groups is 2. The molecular formula is C9H14N4O2. The molecule has 1 aromatic rings. The third kappa shape index (κ3) is 4.26. The van der Waals surface area contributed by atoms with E-state index in [1.807, 2.05) is 13.2 Å². The fourth-order valence-corrected chi connectivity index (χ4v) is 1.03. The number of aromatic nitrogens is 2. The average molecular weight is 210 g/mol. The molecule has 15 heavy (non-hydrogen) atoms. The SMILES string of the molecule is CC(=O)NCC(=O)NCc1cnn(C)c1. The highest BCUT2D eigenvalue weighted by Crippen LogP contribution is 1.94. The van der Waals surface area contributed by atoms with Crippen LogP contribution in [0.3, 0.4) is 0 Å². The molecule has 1 heterocycles. The molecule has 6 heteroatoms. The molecule has 2 N–H and O–H groups in total. The van der Waals surface area contributed by atoms with Crippen LogP contribution in [0.15, 0.2) is 12.4 Å². The van der Waals surface area contributed by atoms with Gasteiger partial charge in [0.15, 0.2) is 0 Å². The summed E-state index contributed by atoms with van der Waals surface area (Å²) < 4.78 is 1.66. The van der Waals surface area contributed by atoms with E-state index in [4.69, 9.17) is 0 Å². The average Bonchev–Trinajstić information content (AvgIpc) is 2.58. The van der Waals surface area contributed by atoms with Gasteiger partial charge < -0.3 is 10.6 Å². The Morgan fingerprint density at radius 2 is 2.20 bits per heavy atom. The molecule has 82 valence electrons. The second kappa shape index (κ2) is 5.14. The van der Waals surface area contributed by atoms with E-state index in [9.17, 15) is 9.59 Å². The van der Waals surface area contributed by atoms with Crippen molar-refractivity contribution in [1.29, 1.82) is 0 Å². The summed E-state index contributed by atoms with van der Waals surface area (Å²) in [5, 5.41) is 9.04. The van der Waals surface area contributed by atoms with Crippen LogP contribution in [-0.2, 0) is 23.2 Å². The van der Waals surface area contributed by atoms with Crippen LogP contribution in [0.1, 0.15) is 12.5 Å². The van der Waals surface area contributed by atoms with Gasteiger partial charge >= 0.3 is 0 Å². The first kappa shape index (κ1) is 11.2. The normalized spacial score (nSPS) is 9.73. The molecule has 6 nitrogen and oxygen atoms in total. The van der Waals surface area contributed by atoms with Crippen LogP contribution in [0.5, 0.6) is 0 Å². The van der Waals surface area contributed by atoms with Gasteiger partial charge in [0.1, 0.15) is 0 Å². The van der Waals surface area contributed by atoms with Crippen molar-refractivity contribution in [1.82, 2.24) is 20.4 Å². The summed E-state index contributed by atoms with van der Waals surface area (Å²) in [7, 11) is 1.81. The monoisotopic (exact) mass is 210 g/mol. The molecule has 2 amide bonds. The summed E-state index contributed by atoms with van der Waals surface area (Å²) in [5.41, 5.74) is 0.925. The smallest absolute Gasteiger partial charge is 0.239 e. The lowest BCUT2D eigenvalue weighted by Gasteiger charge is -2.03. The van der Waals surface area contributed by atoms with Gasteiger partial charge in [-0.3, -0.25) is 14.3 Å². The van der Waals surface area contributed by atoms with Crippen molar-refractivity contribution in [3.63, 3.8) is 0 Å². The van der Waals surface area contributed by atoms with E-state index in [0.29, 0.717) is 6.54 Å². The summed E-state index contributed by atoms with van der Waals surface area (Å²) in [4.78, 5) is 21.7. The standard InChI is InChI=1S/C9H14N4O2/c1-7(14)10-5-9(15)11-3-8-4-12-13(2)6-8/h4,6H,3,5H2,1-2H3,(H,10,14)(H,11,15). The van der Waals surface area contributed by atoms with Gasteiger partial charge in [0.2, 0.25) is 11.8 Å². The molecule has 0 fully saturated rings. The minimum Gasteiger partial charge on any atom is -0.350 e. The van der Waals surface area contributed by atoms with Crippen LogP contribution < -0.4 is 10.6 Å². The summed E-state index contributed by atoms with van der Waals surface area (Å²) in [6.45, 7) is 1.80. The lowest BCUT2D eigenvalue weighted by atomic mass is 10.3. The third-order valence-electron chi connectivity index (χ3n) is 1.75. The molecule has 0 saturated carbocycles. The second-order valence-electron chi connectivity index (χ2n) is 3.21. The molecule has 0 spiro atoms. The Morgan fingerprint density at radius 3 is 2.73 bits per heavy atom. The van der Waals surface area contributed by atoms with E-state index in [-0.39, 0.29) is 18.4 Å². The zero-order valence-electron chi connectivity index (χ0n) is 8.78. The minimum atomic E-state index is -0.216. The topological polar surface area (TPSA) is 76.0 Å². The summed E-state index contributed by atoms with van der Waals surface area (Å²) >= 11 is 0. The molecule has 0 aromatic carbocycles. The lowest BCUT2D eigenvalue weighted by Crippen LogP contribution is -2.35. The van der Waals surface area contributed by atoms with Crippen LogP contribution in [-0.4, -0.2) is 28.1 Å². The Kier molecular flexibility index (Phi) is 3.84. The number of hydrogen-bond acceptors (Lipinski definition) is 3. The summed E-state index contributed by atoms with van der Waals surface area (Å²) in [6.07, 6.45) is 3.50. The maximum Gasteiger partial charge on any atom is 0.239 e. The molecule has 0 unspecified atom stereocenters. The fourth-order valence-electron chi connectivity index (χ4n) is 1.03. The van der Waals surface area contributed by atoms with Crippen LogP contribution in [0, 0.1) is 0 Å². The van der Waals surface area contributed by atoms with Crippen LogP contribution >= 0.6 is 0 Å². The number of amides is 2. The van der Waals surface area contributed by atoms with E-state index < -0.39 is 0 Å². The molecule has 0 bridgehead atoms. The van der Waals surface area contributed by atoms with E-state index >= 15 is 0 Å². The largest absolute Gasteiger partial charge is 0.350 e. The van der Waals surface area contributed by atoms with E-state index in [1.54, 1.807) is 10.9 Å². The lowest BCUT2D eigenvalue weighted by molar-refractivity contribution is -0.125. The molecule has 1 aromatic heterocycles. The van der Waals surface area contributed by atoms with E-state index in [0.717, 1.165) is 5.56 Å². The highest BCUT2D eigenvalue weighted by atomic mass is 16.2. The van der Waals surface area contributed by atoms with Crippen molar-refractivity contribution in [3.8, 4) is 0 Å². The van der Waals surface area contributed by atoms with Gasteiger partial charge in [0, 0.05) is 32.3 Å². The maximum atomic E-state index is 11.2. The maximum absolute atomic E-state index is 11.2. The van der Waals surface area contributed by atoms with Gasteiger partial charge in [-0.1, -0.05) is 0 Å². The molecule has 1 rings (SSSR count). The van der Waals surface area contributed by atoms with Crippen LogP contribution in [0.4, 0.5) is 0 Å². The Hall–Kier alpha value is -1.85. The van der Waals surface area contributed by atoms with Crippen molar-refractivity contribution in [3.05, 3.63) is 18.0 Å². The molecule has 0 atom stereocenters. The fraction of sp³-hybridized carbons (Fsp3) is 0.444. The highest BCUT2D eigenvalue weighted by molar-refractivity contribution is 5.83. The first-order chi connectivity index (χ1) is 7.08. The van der Waals surface area contributed by atoms with Gasteiger partial charge in [0.05, 0.1) is 12.7 Å². The van der Waals surface area contributed by atoms with Crippen molar-refractivity contribution >= 4 is 11.8 Å². The Bertz CT molecular complexity index is 359. The Balaban J connectivity index is 2.25. The first-order valence-electron chi connectivity index (χ1n) is 4.56. The first-order valence-corrected chi connectivity index (χ1v) is 4.56.